The van der Waals surface area contributed by atoms with E-state index in [0.29, 0.717) is 29.5 Å². The summed E-state index contributed by atoms with van der Waals surface area (Å²) in [4.78, 5) is 17.2. The van der Waals surface area contributed by atoms with Crippen molar-refractivity contribution in [3.8, 4) is 11.4 Å². The summed E-state index contributed by atoms with van der Waals surface area (Å²) in [5, 5.41) is 18.8. The molecule has 0 bridgehead atoms. The number of ether oxygens (including phenoxy) is 1. The van der Waals surface area contributed by atoms with Gasteiger partial charge in [0, 0.05) is 16.8 Å². The molecule has 0 aliphatic rings. The highest BCUT2D eigenvalue weighted by molar-refractivity contribution is 6.30. The molecule has 0 amide bonds. The lowest BCUT2D eigenvalue weighted by atomic mass is 9.95. The molecule has 1 heterocycles. The zero-order chi connectivity index (χ0) is 25.3. The standard InChI is InChI=1S/C28H26ClN3O4/c1-20(31-36-19-22-5-3-2-4-6-22)27(28(33)34)15-21-7-13-26(14-8-21)35-18-23-16-30-32(17-23)25-11-9-24(29)10-12-25/h2-14,16-17,27H,15,18-19H2,1H3,(H,33,34)/b31-20+. The number of carboxylic acids is 1. The Balaban J connectivity index is 1.31. The van der Waals surface area contributed by atoms with E-state index in [1.54, 1.807) is 17.8 Å². The molecular formula is C28H26ClN3O4. The van der Waals surface area contributed by atoms with Crippen LogP contribution in [0.15, 0.2) is 96.4 Å². The van der Waals surface area contributed by atoms with Crippen LogP contribution in [0.4, 0.5) is 0 Å². The number of aromatic nitrogens is 2. The Morgan fingerprint density at radius 3 is 2.39 bits per heavy atom. The predicted octanol–water partition coefficient (Wildman–Crippen LogP) is 5.94. The summed E-state index contributed by atoms with van der Waals surface area (Å²) >= 11 is 5.94. The maximum absolute atomic E-state index is 11.9. The van der Waals surface area contributed by atoms with Crippen molar-refractivity contribution in [2.24, 2.45) is 11.1 Å². The van der Waals surface area contributed by atoms with Crippen molar-refractivity contribution >= 4 is 23.3 Å². The number of hydrogen-bond donors (Lipinski definition) is 1. The van der Waals surface area contributed by atoms with Gasteiger partial charge >= 0.3 is 5.97 Å². The first-order valence-electron chi connectivity index (χ1n) is 11.4. The third kappa shape index (κ3) is 6.96. The highest BCUT2D eigenvalue weighted by Gasteiger charge is 2.22. The van der Waals surface area contributed by atoms with Gasteiger partial charge in [0.25, 0.3) is 0 Å². The highest BCUT2D eigenvalue weighted by atomic mass is 35.5. The second-order valence-electron chi connectivity index (χ2n) is 8.29. The highest BCUT2D eigenvalue weighted by Crippen LogP contribution is 2.19. The third-order valence-electron chi connectivity index (χ3n) is 5.58. The fourth-order valence-electron chi connectivity index (χ4n) is 3.55. The van der Waals surface area contributed by atoms with Gasteiger partial charge in [0.1, 0.15) is 24.9 Å². The molecule has 0 radical (unpaired) electrons. The monoisotopic (exact) mass is 503 g/mol. The summed E-state index contributed by atoms with van der Waals surface area (Å²) in [5.41, 5.74) is 4.07. The first-order valence-corrected chi connectivity index (χ1v) is 11.8. The molecule has 184 valence electrons. The number of benzene rings is 3. The van der Waals surface area contributed by atoms with Gasteiger partial charge in [0.15, 0.2) is 0 Å². The smallest absolute Gasteiger partial charge is 0.312 e. The lowest BCUT2D eigenvalue weighted by molar-refractivity contribution is -0.139. The molecule has 0 saturated heterocycles. The number of aliphatic carboxylic acids is 1. The van der Waals surface area contributed by atoms with E-state index in [1.165, 1.54) is 0 Å². The zero-order valence-corrected chi connectivity index (χ0v) is 20.5. The lowest BCUT2D eigenvalue weighted by Gasteiger charge is -2.13. The molecule has 1 atom stereocenters. The van der Waals surface area contributed by atoms with E-state index in [9.17, 15) is 9.90 Å². The summed E-state index contributed by atoms with van der Waals surface area (Å²) in [6.07, 6.45) is 3.95. The van der Waals surface area contributed by atoms with Gasteiger partial charge in [-0.15, -0.1) is 0 Å². The van der Waals surface area contributed by atoms with Crippen LogP contribution in [0.1, 0.15) is 23.6 Å². The average molecular weight is 504 g/mol. The van der Waals surface area contributed by atoms with E-state index in [1.807, 2.05) is 85.1 Å². The van der Waals surface area contributed by atoms with Gasteiger partial charge in [-0.3, -0.25) is 4.79 Å². The number of nitrogens with zero attached hydrogens (tertiary/aromatic N) is 3. The van der Waals surface area contributed by atoms with E-state index in [2.05, 4.69) is 10.3 Å². The van der Waals surface area contributed by atoms with Crippen LogP contribution in [-0.4, -0.2) is 26.6 Å². The number of oxime groups is 1. The topological polar surface area (TPSA) is 85.9 Å². The fraction of sp³-hybridized carbons (Fsp3) is 0.179. The Morgan fingerprint density at radius 1 is 0.972 bits per heavy atom. The Bertz CT molecular complexity index is 1300. The van der Waals surface area contributed by atoms with Crippen molar-refractivity contribution in [2.45, 2.75) is 26.6 Å². The number of carbonyl (C=O) groups is 1. The predicted molar refractivity (Wildman–Crippen MR) is 139 cm³/mol. The molecule has 0 aliphatic carbocycles. The zero-order valence-electron chi connectivity index (χ0n) is 19.8. The minimum atomic E-state index is -0.947. The second-order valence-corrected chi connectivity index (χ2v) is 8.73. The van der Waals surface area contributed by atoms with Crippen molar-refractivity contribution in [3.05, 3.63) is 113 Å². The van der Waals surface area contributed by atoms with Gasteiger partial charge in [-0.25, -0.2) is 4.68 Å². The molecule has 0 saturated carbocycles. The van der Waals surface area contributed by atoms with E-state index >= 15 is 0 Å². The van der Waals surface area contributed by atoms with Gasteiger partial charge in [0.05, 0.1) is 17.6 Å². The molecule has 0 fully saturated rings. The first-order chi connectivity index (χ1) is 17.5. The van der Waals surface area contributed by atoms with Crippen LogP contribution < -0.4 is 4.74 Å². The van der Waals surface area contributed by atoms with Crippen LogP contribution in [0.3, 0.4) is 0 Å². The number of rotatable bonds is 11. The molecule has 1 aromatic heterocycles. The average Bonchev–Trinajstić information content (AvgIpc) is 3.36. The van der Waals surface area contributed by atoms with Crippen LogP contribution in [0.5, 0.6) is 5.75 Å². The van der Waals surface area contributed by atoms with Gasteiger partial charge < -0.3 is 14.7 Å². The Labute approximate surface area is 214 Å². The molecule has 0 aliphatic heterocycles. The minimum Gasteiger partial charge on any atom is -0.489 e. The van der Waals surface area contributed by atoms with E-state index in [4.69, 9.17) is 21.2 Å². The summed E-state index contributed by atoms with van der Waals surface area (Å²) in [6.45, 7) is 2.32. The Morgan fingerprint density at radius 2 is 1.69 bits per heavy atom. The maximum atomic E-state index is 11.9. The minimum absolute atomic E-state index is 0.287. The van der Waals surface area contributed by atoms with Gasteiger partial charge in [-0.1, -0.05) is 59.2 Å². The van der Waals surface area contributed by atoms with Crippen molar-refractivity contribution in [3.63, 3.8) is 0 Å². The van der Waals surface area contributed by atoms with Crippen LogP contribution in [-0.2, 0) is 29.3 Å². The molecule has 0 spiro atoms. The number of hydrogen-bond acceptors (Lipinski definition) is 5. The first kappa shape index (κ1) is 25.0. The van der Waals surface area contributed by atoms with Gasteiger partial charge in [-0.2, -0.15) is 5.10 Å². The molecule has 36 heavy (non-hydrogen) atoms. The largest absolute Gasteiger partial charge is 0.489 e. The van der Waals surface area contributed by atoms with E-state index in [-0.39, 0.29) is 6.61 Å². The lowest BCUT2D eigenvalue weighted by Crippen LogP contribution is -2.24. The molecular weight excluding hydrogens is 478 g/mol. The van der Waals surface area contributed by atoms with Crippen LogP contribution in [0.25, 0.3) is 5.69 Å². The number of carboxylic acid groups (broad SMARTS) is 1. The van der Waals surface area contributed by atoms with Crippen LogP contribution in [0.2, 0.25) is 5.02 Å². The summed E-state index contributed by atoms with van der Waals surface area (Å²) in [6, 6.07) is 24.4. The molecule has 4 aromatic rings. The fourth-order valence-corrected chi connectivity index (χ4v) is 3.68. The summed E-state index contributed by atoms with van der Waals surface area (Å²) in [7, 11) is 0. The summed E-state index contributed by atoms with van der Waals surface area (Å²) in [5.74, 6) is -1.05. The second kappa shape index (κ2) is 12.0. The molecule has 1 unspecified atom stereocenters. The van der Waals surface area contributed by atoms with Crippen molar-refractivity contribution < 1.29 is 19.5 Å². The van der Waals surface area contributed by atoms with E-state index in [0.717, 1.165) is 22.4 Å². The van der Waals surface area contributed by atoms with Gasteiger partial charge in [-0.05, 0) is 60.9 Å². The SMILES string of the molecule is C/C(=N\OCc1ccccc1)C(Cc1ccc(OCc2cnn(-c3ccc(Cl)cc3)c2)cc1)C(=O)O. The van der Waals surface area contributed by atoms with Gasteiger partial charge in [0.2, 0.25) is 0 Å². The molecule has 3 aromatic carbocycles. The van der Waals surface area contributed by atoms with Crippen molar-refractivity contribution in [2.75, 3.05) is 0 Å². The molecule has 4 rings (SSSR count). The molecule has 8 heteroatoms. The summed E-state index contributed by atoms with van der Waals surface area (Å²) < 4.78 is 7.64. The quantitative estimate of drug-likeness (QED) is 0.202. The molecule has 1 N–H and O–H groups in total. The number of halogens is 1. The Hall–Kier alpha value is -4.10. The van der Waals surface area contributed by atoms with Crippen LogP contribution in [0, 0.1) is 5.92 Å². The molecule has 7 nitrogen and oxygen atoms in total. The third-order valence-corrected chi connectivity index (χ3v) is 5.83. The van der Waals surface area contributed by atoms with Crippen LogP contribution >= 0.6 is 11.6 Å². The maximum Gasteiger partial charge on any atom is 0.312 e. The Kier molecular flexibility index (Phi) is 8.36. The van der Waals surface area contributed by atoms with E-state index < -0.39 is 11.9 Å². The van der Waals surface area contributed by atoms with Crippen molar-refractivity contribution in [1.29, 1.82) is 0 Å². The normalized spacial score (nSPS) is 12.2. The van der Waals surface area contributed by atoms with Crippen molar-refractivity contribution in [1.82, 2.24) is 9.78 Å².